The van der Waals surface area contributed by atoms with Gasteiger partial charge in [-0.05, 0) is 18.9 Å². The molecule has 0 aliphatic carbocycles. The van der Waals surface area contributed by atoms with E-state index in [0.717, 1.165) is 11.3 Å². The number of nitrogens with two attached hydrogens (primary N) is 1. The number of nitrogens with zero attached hydrogens (tertiary/aromatic N) is 2. The number of hydrogen-bond donors (Lipinski definition) is 1. The van der Waals surface area contributed by atoms with Crippen LogP contribution in [0.5, 0.6) is 0 Å². The van der Waals surface area contributed by atoms with Crippen molar-refractivity contribution in [2.45, 2.75) is 13.3 Å². The molecule has 0 aliphatic heterocycles. The summed E-state index contributed by atoms with van der Waals surface area (Å²) in [6, 6.07) is 0. The zero-order valence-corrected chi connectivity index (χ0v) is 9.36. The van der Waals surface area contributed by atoms with Crippen LogP contribution < -0.4 is 5.73 Å². The van der Waals surface area contributed by atoms with Crippen LogP contribution >= 0.6 is 0 Å². The zero-order chi connectivity index (χ0) is 11.4. The lowest BCUT2D eigenvalue weighted by atomic mass is 10.0. The van der Waals surface area contributed by atoms with E-state index in [2.05, 4.69) is 9.84 Å². The second-order valence-electron chi connectivity index (χ2n) is 3.57. The molecule has 0 fully saturated rings. The second kappa shape index (κ2) is 4.93. The van der Waals surface area contributed by atoms with Gasteiger partial charge in [0.15, 0.2) is 0 Å². The number of carbonyl (C=O) groups is 1. The zero-order valence-electron chi connectivity index (χ0n) is 9.36. The van der Waals surface area contributed by atoms with Gasteiger partial charge in [0.2, 0.25) is 0 Å². The molecule has 5 nitrogen and oxygen atoms in total. The molecule has 0 radical (unpaired) electrons. The van der Waals surface area contributed by atoms with Crippen LogP contribution in [0.2, 0.25) is 0 Å². The number of rotatable bonds is 4. The van der Waals surface area contributed by atoms with E-state index in [9.17, 15) is 4.79 Å². The Labute approximate surface area is 89.2 Å². The van der Waals surface area contributed by atoms with Gasteiger partial charge in [-0.15, -0.1) is 0 Å². The molecule has 1 rings (SSSR count). The van der Waals surface area contributed by atoms with Crippen LogP contribution in [-0.4, -0.2) is 29.4 Å². The molecule has 0 aliphatic rings. The van der Waals surface area contributed by atoms with Gasteiger partial charge in [-0.1, -0.05) is 0 Å². The molecule has 1 heterocycles. The molecule has 1 aromatic heterocycles. The third kappa shape index (κ3) is 2.79. The van der Waals surface area contributed by atoms with Crippen molar-refractivity contribution < 1.29 is 9.53 Å². The van der Waals surface area contributed by atoms with Crippen molar-refractivity contribution in [2.75, 3.05) is 13.7 Å². The highest BCUT2D eigenvalue weighted by Crippen LogP contribution is 2.12. The maximum Gasteiger partial charge on any atom is 0.310 e. The third-order valence-electron chi connectivity index (χ3n) is 2.40. The number of aryl methyl sites for hydroxylation is 2. The van der Waals surface area contributed by atoms with Crippen LogP contribution in [0.1, 0.15) is 11.3 Å². The fraction of sp³-hybridized carbons (Fsp3) is 0.600. The highest BCUT2D eigenvalue weighted by atomic mass is 16.5. The molecule has 0 bridgehead atoms. The quantitative estimate of drug-likeness (QED) is 0.713. The first-order valence-electron chi connectivity index (χ1n) is 4.85. The van der Waals surface area contributed by atoms with Crippen LogP contribution in [0.15, 0.2) is 6.20 Å². The molecule has 1 aromatic rings. The first kappa shape index (κ1) is 11.7. The summed E-state index contributed by atoms with van der Waals surface area (Å²) in [6.45, 7) is 2.21. The summed E-state index contributed by atoms with van der Waals surface area (Å²) in [6.07, 6.45) is 2.49. The first-order chi connectivity index (χ1) is 7.08. The Bertz CT molecular complexity index is 346. The van der Waals surface area contributed by atoms with Crippen molar-refractivity contribution in [2.24, 2.45) is 18.7 Å². The predicted molar refractivity (Wildman–Crippen MR) is 56.2 cm³/mol. The summed E-state index contributed by atoms with van der Waals surface area (Å²) in [5, 5.41) is 4.21. The molecule has 2 N–H and O–H groups in total. The molecular formula is C10H17N3O2. The van der Waals surface area contributed by atoms with Crippen molar-refractivity contribution in [1.29, 1.82) is 0 Å². The molecule has 0 aromatic carbocycles. The number of methoxy groups -OCH3 is 1. The average molecular weight is 211 g/mol. The standard InChI is InChI=1S/C10H17N3O2/c1-7-9(6-13(2)12-7)4-8(5-11)10(14)15-3/h6,8H,4-5,11H2,1-3H3. The van der Waals surface area contributed by atoms with Crippen molar-refractivity contribution in [3.8, 4) is 0 Å². The van der Waals surface area contributed by atoms with E-state index in [1.165, 1.54) is 7.11 Å². The smallest absolute Gasteiger partial charge is 0.310 e. The number of esters is 1. The van der Waals surface area contributed by atoms with Gasteiger partial charge in [0.1, 0.15) is 0 Å². The van der Waals surface area contributed by atoms with Crippen molar-refractivity contribution in [1.82, 2.24) is 9.78 Å². The van der Waals surface area contributed by atoms with Gasteiger partial charge >= 0.3 is 5.97 Å². The summed E-state index contributed by atoms with van der Waals surface area (Å²) in [4.78, 5) is 11.3. The molecule has 0 spiro atoms. The second-order valence-corrected chi connectivity index (χ2v) is 3.57. The molecule has 0 saturated heterocycles. The Balaban J connectivity index is 2.74. The molecule has 0 amide bonds. The average Bonchev–Trinajstić information content (AvgIpc) is 2.52. The van der Waals surface area contributed by atoms with E-state index < -0.39 is 0 Å². The van der Waals surface area contributed by atoms with E-state index in [1.54, 1.807) is 4.68 Å². The molecule has 1 unspecified atom stereocenters. The summed E-state index contributed by atoms with van der Waals surface area (Å²) < 4.78 is 6.41. The lowest BCUT2D eigenvalue weighted by Gasteiger charge is -2.10. The van der Waals surface area contributed by atoms with Crippen LogP contribution in [0, 0.1) is 12.8 Å². The van der Waals surface area contributed by atoms with Gasteiger partial charge in [-0.3, -0.25) is 9.48 Å². The van der Waals surface area contributed by atoms with E-state index in [4.69, 9.17) is 5.73 Å². The topological polar surface area (TPSA) is 70.1 Å². The lowest BCUT2D eigenvalue weighted by molar-refractivity contribution is -0.145. The van der Waals surface area contributed by atoms with Gasteiger partial charge in [-0.25, -0.2) is 0 Å². The number of carbonyl (C=O) groups excluding carboxylic acids is 1. The van der Waals surface area contributed by atoms with Crippen LogP contribution in [-0.2, 0) is 23.0 Å². The Morgan fingerprint density at radius 3 is 2.80 bits per heavy atom. The van der Waals surface area contributed by atoms with Gasteiger partial charge in [-0.2, -0.15) is 5.10 Å². The molecule has 5 heteroatoms. The summed E-state index contributed by atoms with van der Waals surface area (Å²) >= 11 is 0. The van der Waals surface area contributed by atoms with Gasteiger partial charge < -0.3 is 10.5 Å². The minimum absolute atomic E-state index is 0.263. The number of ether oxygens (including phenoxy) is 1. The normalized spacial score (nSPS) is 12.5. The summed E-state index contributed by atoms with van der Waals surface area (Å²) in [5.74, 6) is -0.543. The van der Waals surface area contributed by atoms with E-state index >= 15 is 0 Å². The lowest BCUT2D eigenvalue weighted by Crippen LogP contribution is -2.26. The minimum Gasteiger partial charge on any atom is -0.469 e. The Hall–Kier alpha value is -1.36. The van der Waals surface area contributed by atoms with E-state index in [1.807, 2.05) is 20.2 Å². The maximum absolute atomic E-state index is 11.3. The van der Waals surface area contributed by atoms with Crippen molar-refractivity contribution in [3.05, 3.63) is 17.5 Å². The molecule has 84 valence electrons. The van der Waals surface area contributed by atoms with E-state index in [0.29, 0.717) is 13.0 Å². The monoisotopic (exact) mass is 211 g/mol. The summed E-state index contributed by atoms with van der Waals surface area (Å²) in [7, 11) is 3.23. The Kier molecular flexibility index (Phi) is 3.85. The summed E-state index contributed by atoms with van der Waals surface area (Å²) in [5.41, 5.74) is 7.50. The van der Waals surface area contributed by atoms with Gasteiger partial charge in [0.25, 0.3) is 0 Å². The molecule has 15 heavy (non-hydrogen) atoms. The molecular weight excluding hydrogens is 194 g/mol. The van der Waals surface area contributed by atoms with Crippen LogP contribution in [0.3, 0.4) is 0 Å². The third-order valence-corrected chi connectivity index (χ3v) is 2.40. The van der Waals surface area contributed by atoms with Crippen LogP contribution in [0.4, 0.5) is 0 Å². The highest BCUT2D eigenvalue weighted by molar-refractivity contribution is 5.72. The van der Waals surface area contributed by atoms with Crippen LogP contribution in [0.25, 0.3) is 0 Å². The van der Waals surface area contributed by atoms with E-state index in [-0.39, 0.29) is 11.9 Å². The minimum atomic E-state index is -0.280. The predicted octanol–water partition coefficient (Wildman–Crippen LogP) is 0.0189. The fourth-order valence-electron chi connectivity index (χ4n) is 1.54. The number of aromatic nitrogens is 2. The largest absolute Gasteiger partial charge is 0.469 e. The molecule has 0 saturated carbocycles. The van der Waals surface area contributed by atoms with Gasteiger partial charge in [0.05, 0.1) is 18.7 Å². The van der Waals surface area contributed by atoms with Crippen molar-refractivity contribution in [3.63, 3.8) is 0 Å². The van der Waals surface area contributed by atoms with Crippen molar-refractivity contribution >= 4 is 5.97 Å². The molecule has 1 atom stereocenters. The SMILES string of the molecule is COC(=O)C(CN)Cc1cn(C)nc1C. The highest BCUT2D eigenvalue weighted by Gasteiger charge is 2.19. The number of hydrogen-bond acceptors (Lipinski definition) is 4. The Morgan fingerprint density at radius 2 is 2.40 bits per heavy atom. The fourth-order valence-corrected chi connectivity index (χ4v) is 1.54. The maximum atomic E-state index is 11.3. The Morgan fingerprint density at radius 1 is 1.73 bits per heavy atom. The first-order valence-corrected chi connectivity index (χ1v) is 4.85. The van der Waals surface area contributed by atoms with Gasteiger partial charge in [0, 0.05) is 19.8 Å².